The van der Waals surface area contributed by atoms with Crippen LogP contribution in [0, 0.1) is 0 Å². The van der Waals surface area contributed by atoms with E-state index in [1.54, 1.807) is 0 Å². The van der Waals surface area contributed by atoms with Crippen LogP contribution in [-0.2, 0) is 0 Å². The first-order valence-corrected chi connectivity index (χ1v) is 4.68. The van der Waals surface area contributed by atoms with E-state index in [0.29, 0.717) is 11.2 Å². The van der Waals surface area contributed by atoms with Gasteiger partial charge in [0.25, 0.3) is 5.95 Å². The van der Waals surface area contributed by atoms with Crippen molar-refractivity contribution in [3.05, 3.63) is 11.5 Å². The van der Waals surface area contributed by atoms with Crippen molar-refractivity contribution in [1.29, 1.82) is 0 Å². The van der Waals surface area contributed by atoms with Crippen molar-refractivity contribution in [3.63, 3.8) is 0 Å². The summed E-state index contributed by atoms with van der Waals surface area (Å²) >= 11 is 5.90. The average Bonchev–Trinajstić information content (AvgIpc) is 2.47. The number of nitrogen functional groups attached to an aromatic ring is 1. The third kappa shape index (κ3) is 1.29. The fourth-order valence-corrected chi connectivity index (χ4v) is 1.56. The van der Waals surface area contributed by atoms with E-state index in [0.717, 1.165) is 11.2 Å². The van der Waals surface area contributed by atoms with Gasteiger partial charge in [-0.15, -0.1) is 0 Å². The van der Waals surface area contributed by atoms with E-state index in [1.807, 2.05) is 10.9 Å². The highest BCUT2D eigenvalue weighted by Crippen LogP contribution is 2.16. The molecule has 0 aliphatic heterocycles. The normalized spacial score (nSPS) is 11.4. The fourth-order valence-electron chi connectivity index (χ4n) is 1.34. The number of rotatable bonds is 1. The molecule has 0 atom stereocenters. The van der Waals surface area contributed by atoms with Crippen molar-refractivity contribution in [1.82, 2.24) is 15.0 Å². The number of hydrogen-bond donors (Lipinski definition) is 2. The van der Waals surface area contributed by atoms with Gasteiger partial charge in [0, 0.05) is 0 Å². The molecule has 6 heteroatoms. The maximum atomic E-state index is 5.90. The number of H-pyrrole nitrogens is 1. The molecule has 2 aromatic heterocycles. The number of hydrogen-bond acceptors (Lipinski definition) is 3. The minimum absolute atomic E-state index is 0.191. The molecule has 14 heavy (non-hydrogen) atoms. The van der Waals surface area contributed by atoms with E-state index in [9.17, 15) is 0 Å². The summed E-state index contributed by atoms with van der Waals surface area (Å²) in [5.74, 6) is 0.191. The van der Waals surface area contributed by atoms with Gasteiger partial charge in [-0.25, -0.2) is 4.57 Å². The molecule has 2 aromatic rings. The summed E-state index contributed by atoms with van der Waals surface area (Å²) in [6, 6.07) is 0.300. The highest BCUT2D eigenvalue weighted by Gasteiger charge is 2.18. The van der Waals surface area contributed by atoms with Crippen LogP contribution in [0.1, 0.15) is 19.9 Å². The van der Waals surface area contributed by atoms with E-state index in [2.05, 4.69) is 28.8 Å². The number of nitrogens with one attached hydrogen (secondary N) is 1. The van der Waals surface area contributed by atoms with E-state index in [1.165, 1.54) is 0 Å². The first kappa shape index (κ1) is 9.21. The predicted molar refractivity (Wildman–Crippen MR) is 53.9 cm³/mol. The summed E-state index contributed by atoms with van der Waals surface area (Å²) < 4.78 is 1.96. The lowest BCUT2D eigenvalue weighted by Gasteiger charge is -1.99. The molecule has 5 nitrogen and oxygen atoms in total. The highest BCUT2D eigenvalue weighted by atomic mass is 35.5. The molecule has 0 aromatic carbocycles. The van der Waals surface area contributed by atoms with Gasteiger partial charge in [-0.3, -0.25) is 4.98 Å². The molecule has 0 amide bonds. The number of imidazole rings is 1. The quantitative estimate of drug-likeness (QED) is 0.549. The molecule has 2 rings (SSSR count). The summed E-state index contributed by atoms with van der Waals surface area (Å²) in [5.41, 5.74) is 6.97. The Balaban J connectivity index is 2.78. The molecule has 0 saturated heterocycles. The van der Waals surface area contributed by atoms with Crippen molar-refractivity contribution in [2.45, 2.75) is 19.9 Å². The Morgan fingerprint density at radius 2 is 2.21 bits per heavy atom. The maximum absolute atomic E-state index is 5.90. The van der Waals surface area contributed by atoms with Crippen molar-refractivity contribution in [2.24, 2.45) is 0 Å². The number of anilines is 1. The van der Waals surface area contributed by atoms with Crippen LogP contribution in [0.15, 0.2) is 6.33 Å². The smallest absolute Gasteiger partial charge is 0.309 e. The van der Waals surface area contributed by atoms with Gasteiger partial charge in [0.1, 0.15) is 0 Å². The van der Waals surface area contributed by atoms with Gasteiger partial charge in [0.2, 0.25) is 5.52 Å². The zero-order valence-electron chi connectivity index (χ0n) is 7.95. The van der Waals surface area contributed by atoms with E-state index < -0.39 is 0 Å². The second-order valence-electron chi connectivity index (χ2n) is 3.35. The molecule has 0 aliphatic carbocycles. The van der Waals surface area contributed by atoms with Gasteiger partial charge in [0.05, 0.1) is 6.04 Å². The monoisotopic (exact) mass is 212 g/mol. The largest absolute Gasteiger partial charge is 0.354 e. The Bertz CT molecular complexity index is 476. The van der Waals surface area contributed by atoms with Crippen LogP contribution in [0.25, 0.3) is 11.2 Å². The molecule has 0 bridgehead atoms. The molecule has 0 aliphatic rings. The van der Waals surface area contributed by atoms with E-state index in [-0.39, 0.29) is 5.95 Å². The Labute approximate surface area is 85.9 Å². The van der Waals surface area contributed by atoms with E-state index in [4.69, 9.17) is 17.3 Å². The minimum Gasteiger partial charge on any atom is -0.354 e. The molecule has 0 radical (unpaired) electrons. The van der Waals surface area contributed by atoms with Crippen molar-refractivity contribution in [2.75, 3.05) is 5.73 Å². The number of nitrogens with two attached hydrogens (primary N) is 1. The fraction of sp³-hybridized carbons (Fsp3) is 0.375. The van der Waals surface area contributed by atoms with E-state index >= 15 is 0 Å². The lowest BCUT2D eigenvalue weighted by molar-refractivity contribution is -0.692. The van der Waals surface area contributed by atoms with Gasteiger partial charge in [-0.1, -0.05) is 16.6 Å². The van der Waals surface area contributed by atoms with Crippen molar-refractivity contribution < 1.29 is 4.57 Å². The van der Waals surface area contributed by atoms with Crippen LogP contribution < -0.4 is 10.3 Å². The molecule has 0 saturated carbocycles. The first-order chi connectivity index (χ1) is 6.59. The van der Waals surface area contributed by atoms with Gasteiger partial charge in [-0.2, -0.15) is 4.98 Å². The summed E-state index contributed by atoms with van der Waals surface area (Å²) in [6.07, 6.45) is 1.81. The first-order valence-electron chi connectivity index (χ1n) is 4.31. The number of nitrogens with zero attached hydrogens (tertiary/aromatic N) is 3. The summed E-state index contributed by atoms with van der Waals surface area (Å²) in [7, 11) is 0. The maximum Gasteiger partial charge on any atom is 0.309 e. The SMILES string of the molecule is CC(C)[n+]1c[nH]c2c(Cl)nc(N)nc21. The van der Waals surface area contributed by atoms with Gasteiger partial charge < -0.3 is 5.73 Å². The lowest BCUT2D eigenvalue weighted by atomic mass is 10.4. The highest BCUT2D eigenvalue weighted by molar-refractivity contribution is 6.33. The van der Waals surface area contributed by atoms with Crippen LogP contribution in [0.2, 0.25) is 5.15 Å². The standard InChI is InChI=1S/C8H10ClN5/c1-4(2)14-3-11-5-6(9)12-8(10)13-7(5)14/h3-4H,1-2H3,(H2,10,12,13)/p+1. The molecular formula is C8H11ClN5+. The molecule has 0 spiro atoms. The van der Waals surface area contributed by atoms with Crippen LogP contribution in [0.5, 0.6) is 0 Å². The number of aromatic nitrogens is 4. The molecule has 2 heterocycles. The average molecular weight is 213 g/mol. The van der Waals surface area contributed by atoms with Crippen LogP contribution in [0.3, 0.4) is 0 Å². The topological polar surface area (TPSA) is 71.5 Å². The Morgan fingerprint density at radius 1 is 1.50 bits per heavy atom. The number of fused-ring (bicyclic) bond motifs is 1. The lowest BCUT2D eigenvalue weighted by Crippen LogP contribution is -2.35. The molecular weight excluding hydrogens is 202 g/mol. The molecule has 3 N–H and O–H groups in total. The van der Waals surface area contributed by atoms with Gasteiger partial charge in [-0.05, 0) is 13.8 Å². The molecule has 0 fully saturated rings. The van der Waals surface area contributed by atoms with Gasteiger partial charge in [0.15, 0.2) is 11.5 Å². The number of aromatic amines is 1. The zero-order chi connectivity index (χ0) is 10.3. The molecule has 74 valence electrons. The second kappa shape index (κ2) is 3.09. The second-order valence-corrected chi connectivity index (χ2v) is 3.70. The number of halogens is 1. The summed E-state index contributed by atoms with van der Waals surface area (Å²) in [6.45, 7) is 4.11. The Hall–Kier alpha value is -1.36. The van der Waals surface area contributed by atoms with Gasteiger partial charge >= 0.3 is 5.65 Å². The van der Waals surface area contributed by atoms with Crippen molar-refractivity contribution >= 4 is 28.7 Å². The third-order valence-electron chi connectivity index (χ3n) is 2.01. The molecule has 0 unspecified atom stereocenters. The van der Waals surface area contributed by atoms with Crippen LogP contribution >= 0.6 is 11.6 Å². The van der Waals surface area contributed by atoms with Crippen LogP contribution in [-0.4, -0.2) is 15.0 Å². The summed E-state index contributed by atoms with van der Waals surface area (Å²) in [4.78, 5) is 11.0. The zero-order valence-corrected chi connectivity index (χ0v) is 8.71. The predicted octanol–water partition coefficient (Wildman–Crippen LogP) is 1.06. The summed E-state index contributed by atoms with van der Waals surface area (Å²) in [5, 5.41) is 0.354. The third-order valence-corrected chi connectivity index (χ3v) is 2.29. The van der Waals surface area contributed by atoms with Crippen molar-refractivity contribution in [3.8, 4) is 0 Å². The Morgan fingerprint density at radius 3 is 2.86 bits per heavy atom. The minimum atomic E-state index is 0.191. The Kier molecular flexibility index (Phi) is 2.03. The van der Waals surface area contributed by atoms with Crippen LogP contribution in [0.4, 0.5) is 5.95 Å².